The van der Waals surface area contributed by atoms with Crippen molar-refractivity contribution in [3.63, 3.8) is 0 Å². The van der Waals surface area contributed by atoms with Crippen LogP contribution in [0.4, 0.5) is 5.82 Å². The molecule has 1 saturated carbocycles. The Morgan fingerprint density at radius 3 is 3.06 bits per heavy atom. The van der Waals surface area contributed by atoms with Gasteiger partial charge >= 0.3 is 5.97 Å². The molecule has 2 N–H and O–H groups in total. The van der Waals surface area contributed by atoms with Crippen LogP contribution in [0, 0.1) is 11.8 Å². The molecule has 2 atom stereocenters. The molecule has 0 saturated heterocycles. The number of imidazole rings is 1. The van der Waals surface area contributed by atoms with Crippen LogP contribution in [-0.4, -0.2) is 27.0 Å². The van der Waals surface area contributed by atoms with Gasteiger partial charge in [0.2, 0.25) is 0 Å². The van der Waals surface area contributed by atoms with Crippen molar-refractivity contribution in [2.45, 2.75) is 13.3 Å². The average Bonchev–Trinajstić information content (AvgIpc) is 2.90. The maximum Gasteiger partial charge on any atom is 0.356 e. The van der Waals surface area contributed by atoms with Gasteiger partial charge in [-0.05, 0) is 30.4 Å². The highest BCUT2D eigenvalue weighted by molar-refractivity contribution is 5.92. The monoisotopic (exact) mass is 245 g/mol. The third kappa shape index (κ3) is 1.81. The molecule has 0 amide bonds. The van der Waals surface area contributed by atoms with Gasteiger partial charge in [0, 0.05) is 12.7 Å². The molecule has 18 heavy (non-hydrogen) atoms. The lowest BCUT2D eigenvalue weighted by Crippen LogP contribution is -2.10. The van der Waals surface area contributed by atoms with Crippen molar-refractivity contribution in [3.05, 3.63) is 30.1 Å². The highest BCUT2D eigenvalue weighted by Gasteiger charge is 2.32. The highest BCUT2D eigenvalue weighted by atomic mass is 16.4. The van der Waals surface area contributed by atoms with Crippen molar-refractivity contribution in [2.75, 3.05) is 11.9 Å². The summed E-state index contributed by atoms with van der Waals surface area (Å²) in [6.07, 6.45) is 2.93. The normalized spacial score (nSPS) is 22.1. The summed E-state index contributed by atoms with van der Waals surface area (Å²) >= 11 is 0. The summed E-state index contributed by atoms with van der Waals surface area (Å²) in [5.74, 6) is 0.895. The first kappa shape index (κ1) is 11.1. The van der Waals surface area contributed by atoms with E-state index in [1.807, 2.05) is 6.07 Å². The van der Waals surface area contributed by atoms with Crippen LogP contribution in [0.3, 0.4) is 0 Å². The van der Waals surface area contributed by atoms with Crippen molar-refractivity contribution in [1.29, 1.82) is 0 Å². The van der Waals surface area contributed by atoms with Gasteiger partial charge in [0.25, 0.3) is 0 Å². The number of carboxylic acids is 1. The standard InChI is InChI=1S/C13H15N3O2/c1-8-6-9(8)7-14-12-11(13(17)18)16-5-3-2-4-10(16)15-12/h2-5,8-9,14H,6-7H2,1H3,(H,17,18). The van der Waals surface area contributed by atoms with Crippen molar-refractivity contribution < 1.29 is 9.90 Å². The quantitative estimate of drug-likeness (QED) is 0.865. The number of pyridine rings is 1. The molecule has 5 heteroatoms. The molecular formula is C13H15N3O2. The number of nitrogens with one attached hydrogen (secondary N) is 1. The Hall–Kier alpha value is -2.04. The number of hydrogen-bond acceptors (Lipinski definition) is 3. The van der Waals surface area contributed by atoms with E-state index in [1.165, 1.54) is 6.42 Å². The molecule has 0 aliphatic heterocycles. The molecule has 1 fully saturated rings. The van der Waals surface area contributed by atoms with Crippen molar-refractivity contribution >= 4 is 17.4 Å². The molecule has 2 aromatic rings. The second kappa shape index (κ2) is 4.01. The lowest BCUT2D eigenvalue weighted by molar-refractivity contribution is 0.0690. The molecule has 0 bridgehead atoms. The Labute approximate surface area is 104 Å². The van der Waals surface area contributed by atoms with Gasteiger partial charge in [-0.1, -0.05) is 13.0 Å². The molecule has 1 aliphatic rings. The summed E-state index contributed by atoms with van der Waals surface area (Å²) in [6, 6.07) is 5.45. The number of carbonyl (C=O) groups is 1. The summed E-state index contributed by atoms with van der Waals surface area (Å²) in [5.41, 5.74) is 0.861. The molecule has 0 radical (unpaired) electrons. The topological polar surface area (TPSA) is 66.6 Å². The summed E-state index contributed by atoms with van der Waals surface area (Å²) in [6.45, 7) is 3.00. The van der Waals surface area contributed by atoms with Gasteiger partial charge in [-0.15, -0.1) is 0 Å². The molecule has 94 valence electrons. The summed E-state index contributed by atoms with van der Waals surface area (Å²) in [4.78, 5) is 15.7. The van der Waals surface area contributed by atoms with Crippen LogP contribution in [0.5, 0.6) is 0 Å². The lowest BCUT2D eigenvalue weighted by Gasteiger charge is -2.03. The predicted molar refractivity (Wildman–Crippen MR) is 67.9 cm³/mol. The third-order valence-corrected chi connectivity index (χ3v) is 3.54. The average molecular weight is 245 g/mol. The number of rotatable bonds is 4. The molecule has 3 rings (SSSR count). The van der Waals surface area contributed by atoms with Crippen LogP contribution < -0.4 is 5.32 Å². The molecule has 1 aliphatic carbocycles. The molecule has 2 heterocycles. The van der Waals surface area contributed by atoms with E-state index >= 15 is 0 Å². The number of aromatic nitrogens is 2. The van der Waals surface area contributed by atoms with Gasteiger partial charge in [0.15, 0.2) is 11.5 Å². The highest BCUT2D eigenvalue weighted by Crippen LogP contribution is 2.37. The second-order valence-electron chi connectivity index (χ2n) is 4.90. The van der Waals surface area contributed by atoms with Gasteiger partial charge in [0.1, 0.15) is 5.65 Å². The Balaban J connectivity index is 1.94. The second-order valence-corrected chi connectivity index (χ2v) is 4.90. The zero-order chi connectivity index (χ0) is 12.7. The Morgan fingerprint density at radius 2 is 2.39 bits per heavy atom. The molecule has 2 unspecified atom stereocenters. The predicted octanol–water partition coefficient (Wildman–Crippen LogP) is 2.10. The maximum absolute atomic E-state index is 11.3. The minimum atomic E-state index is -0.958. The van der Waals surface area contributed by atoms with Crippen molar-refractivity contribution in [1.82, 2.24) is 9.38 Å². The van der Waals surface area contributed by atoms with Crippen LogP contribution >= 0.6 is 0 Å². The zero-order valence-corrected chi connectivity index (χ0v) is 10.1. The lowest BCUT2D eigenvalue weighted by atomic mass is 10.3. The largest absolute Gasteiger partial charge is 0.476 e. The van der Waals surface area contributed by atoms with Crippen molar-refractivity contribution in [3.8, 4) is 0 Å². The Morgan fingerprint density at radius 1 is 1.61 bits per heavy atom. The number of nitrogens with zero attached hydrogens (tertiary/aromatic N) is 2. The van der Waals surface area contributed by atoms with Crippen LogP contribution in [0.25, 0.3) is 5.65 Å². The minimum Gasteiger partial charge on any atom is -0.476 e. The fourth-order valence-electron chi connectivity index (χ4n) is 2.23. The van der Waals surface area contributed by atoms with Crippen LogP contribution in [0.2, 0.25) is 0 Å². The third-order valence-electron chi connectivity index (χ3n) is 3.54. The van der Waals surface area contributed by atoms with Gasteiger partial charge in [-0.25, -0.2) is 9.78 Å². The maximum atomic E-state index is 11.3. The van der Waals surface area contributed by atoms with Crippen molar-refractivity contribution in [2.24, 2.45) is 11.8 Å². The molecule has 5 nitrogen and oxygen atoms in total. The van der Waals surface area contributed by atoms with E-state index in [0.29, 0.717) is 17.4 Å². The molecule has 0 spiro atoms. The van der Waals surface area contributed by atoms with E-state index in [1.54, 1.807) is 22.7 Å². The number of hydrogen-bond donors (Lipinski definition) is 2. The summed E-state index contributed by atoms with van der Waals surface area (Å²) in [5, 5.41) is 12.4. The first-order chi connectivity index (χ1) is 8.66. The fourth-order valence-corrected chi connectivity index (χ4v) is 2.23. The van der Waals surface area contributed by atoms with Crippen LogP contribution in [-0.2, 0) is 0 Å². The Bertz CT molecular complexity index is 605. The molecule has 2 aromatic heterocycles. The smallest absolute Gasteiger partial charge is 0.356 e. The minimum absolute atomic E-state index is 0.207. The van der Waals surface area contributed by atoms with E-state index in [-0.39, 0.29) is 5.69 Å². The van der Waals surface area contributed by atoms with Gasteiger partial charge in [0.05, 0.1) is 0 Å². The summed E-state index contributed by atoms with van der Waals surface area (Å²) < 4.78 is 1.60. The van der Waals surface area contributed by atoms with E-state index in [2.05, 4.69) is 17.2 Å². The van der Waals surface area contributed by atoms with Gasteiger partial charge in [-0.2, -0.15) is 0 Å². The van der Waals surface area contributed by atoms with Crippen LogP contribution in [0.1, 0.15) is 23.8 Å². The molecule has 0 aromatic carbocycles. The number of carboxylic acid groups (broad SMARTS) is 1. The van der Waals surface area contributed by atoms with E-state index in [4.69, 9.17) is 0 Å². The first-order valence-electron chi connectivity index (χ1n) is 6.11. The number of anilines is 1. The van der Waals surface area contributed by atoms with Crippen LogP contribution in [0.15, 0.2) is 24.4 Å². The van der Waals surface area contributed by atoms with Gasteiger partial charge in [-0.3, -0.25) is 4.40 Å². The molecular weight excluding hydrogens is 230 g/mol. The van der Waals surface area contributed by atoms with E-state index < -0.39 is 5.97 Å². The SMILES string of the molecule is CC1CC1CNc1nc2ccccn2c1C(=O)O. The zero-order valence-electron chi connectivity index (χ0n) is 10.1. The van der Waals surface area contributed by atoms with E-state index in [0.717, 1.165) is 12.5 Å². The number of fused-ring (bicyclic) bond motifs is 1. The van der Waals surface area contributed by atoms with E-state index in [9.17, 15) is 9.90 Å². The van der Waals surface area contributed by atoms with Gasteiger partial charge < -0.3 is 10.4 Å². The number of aromatic carboxylic acids is 1. The first-order valence-corrected chi connectivity index (χ1v) is 6.11. The fraction of sp³-hybridized carbons (Fsp3) is 0.385. The summed E-state index contributed by atoms with van der Waals surface area (Å²) in [7, 11) is 0. The Kier molecular flexibility index (Phi) is 2.47.